The monoisotopic (exact) mass is 329 g/mol. The molecule has 0 bridgehead atoms. The average molecular weight is 329 g/mol. The van der Waals surface area contributed by atoms with Crippen LogP contribution in [0.25, 0.3) is 0 Å². The number of hydrogen-bond acceptors (Lipinski definition) is 6. The number of rotatable bonds is 5. The number of methoxy groups -OCH3 is 2. The number of carbonyl (C=O) groups excluding carboxylic acids is 1. The van der Waals surface area contributed by atoms with Crippen LogP contribution in [0.4, 0.5) is 0 Å². The molecule has 0 unspecified atom stereocenters. The zero-order valence-corrected chi connectivity index (χ0v) is 13.7. The lowest BCUT2D eigenvalue weighted by Gasteiger charge is -2.37. The number of hydrogen-bond donors (Lipinski definition) is 0. The molecule has 1 aliphatic heterocycles. The number of carbonyl (C=O) groups is 1. The van der Waals surface area contributed by atoms with Gasteiger partial charge in [0.05, 0.1) is 25.7 Å². The first-order chi connectivity index (χ1) is 11.7. The van der Waals surface area contributed by atoms with Gasteiger partial charge in [0.1, 0.15) is 0 Å². The van der Waals surface area contributed by atoms with E-state index in [-0.39, 0.29) is 11.8 Å². The SMILES string of the molecule is COc1cccc(C(=O)N2CC(c3nc(C4CC4)no3)C2)c1OC. The third-order valence-corrected chi connectivity index (χ3v) is 4.55. The molecule has 2 heterocycles. The van der Waals surface area contributed by atoms with Crippen molar-refractivity contribution in [3.05, 3.63) is 35.5 Å². The third-order valence-electron chi connectivity index (χ3n) is 4.55. The summed E-state index contributed by atoms with van der Waals surface area (Å²) in [7, 11) is 3.09. The van der Waals surface area contributed by atoms with Crippen LogP contribution in [0.1, 0.15) is 46.8 Å². The molecule has 0 spiro atoms. The highest BCUT2D eigenvalue weighted by atomic mass is 16.5. The van der Waals surface area contributed by atoms with E-state index in [1.54, 1.807) is 30.2 Å². The Balaban J connectivity index is 1.45. The fourth-order valence-electron chi connectivity index (χ4n) is 2.95. The number of likely N-dealkylation sites (tertiary alicyclic amines) is 1. The maximum atomic E-state index is 12.7. The molecule has 2 aromatic rings. The number of para-hydroxylation sites is 1. The summed E-state index contributed by atoms with van der Waals surface area (Å²) in [5.41, 5.74) is 0.500. The largest absolute Gasteiger partial charge is 0.493 e. The van der Waals surface area contributed by atoms with Gasteiger partial charge in [-0.2, -0.15) is 4.98 Å². The van der Waals surface area contributed by atoms with E-state index in [0.29, 0.717) is 42.0 Å². The minimum absolute atomic E-state index is 0.0797. The van der Waals surface area contributed by atoms with Crippen LogP contribution in [0.3, 0.4) is 0 Å². The second-order valence-electron chi connectivity index (χ2n) is 6.21. The first-order valence-corrected chi connectivity index (χ1v) is 8.05. The van der Waals surface area contributed by atoms with E-state index in [9.17, 15) is 4.79 Å². The zero-order chi connectivity index (χ0) is 16.7. The molecule has 1 aliphatic carbocycles. The summed E-state index contributed by atoms with van der Waals surface area (Å²) in [5, 5.41) is 4.03. The van der Waals surface area contributed by atoms with Crippen molar-refractivity contribution < 1.29 is 18.8 Å². The van der Waals surface area contributed by atoms with Crippen LogP contribution in [0.2, 0.25) is 0 Å². The number of nitrogens with zero attached hydrogens (tertiary/aromatic N) is 3. The van der Waals surface area contributed by atoms with Crippen molar-refractivity contribution in [1.29, 1.82) is 0 Å². The standard InChI is InChI=1S/C17H19N3O4/c1-22-13-5-3-4-12(14(13)23-2)17(21)20-8-11(9-20)16-18-15(19-24-16)10-6-7-10/h3-5,10-11H,6-9H2,1-2H3. The van der Waals surface area contributed by atoms with E-state index in [2.05, 4.69) is 10.1 Å². The van der Waals surface area contributed by atoms with Gasteiger partial charge < -0.3 is 18.9 Å². The number of benzene rings is 1. The van der Waals surface area contributed by atoms with Crippen LogP contribution in [-0.4, -0.2) is 48.3 Å². The van der Waals surface area contributed by atoms with Crippen LogP contribution < -0.4 is 9.47 Å². The molecule has 1 aromatic carbocycles. The lowest BCUT2D eigenvalue weighted by Crippen LogP contribution is -2.48. The molecular weight excluding hydrogens is 310 g/mol. The van der Waals surface area contributed by atoms with Crippen molar-refractivity contribution >= 4 is 5.91 Å². The molecule has 2 fully saturated rings. The fourth-order valence-corrected chi connectivity index (χ4v) is 2.95. The first kappa shape index (κ1) is 15.0. The van der Waals surface area contributed by atoms with Gasteiger partial charge in [0.15, 0.2) is 17.3 Å². The molecule has 0 radical (unpaired) electrons. The van der Waals surface area contributed by atoms with Crippen molar-refractivity contribution in [3.8, 4) is 11.5 Å². The summed E-state index contributed by atoms with van der Waals surface area (Å²) in [6.45, 7) is 1.15. The van der Waals surface area contributed by atoms with Gasteiger partial charge in [-0.1, -0.05) is 11.2 Å². The predicted octanol–water partition coefficient (Wildman–Crippen LogP) is 2.20. The highest BCUT2D eigenvalue weighted by Crippen LogP contribution is 2.39. The molecule has 7 heteroatoms. The maximum Gasteiger partial charge on any atom is 0.257 e. The Bertz CT molecular complexity index is 763. The molecule has 24 heavy (non-hydrogen) atoms. The quantitative estimate of drug-likeness (QED) is 0.837. The topological polar surface area (TPSA) is 77.7 Å². The molecule has 1 aromatic heterocycles. The Labute approximate surface area is 139 Å². The third kappa shape index (κ3) is 2.50. The smallest absolute Gasteiger partial charge is 0.257 e. The van der Waals surface area contributed by atoms with Gasteiger partial charge in [-0.05, 0) is 25.0 Å². The number of amides is 1. The molecule has 4 rings (SSSR count). The minimum Gasteiger partial charge on any atom is -0.493 e. The molecule has 126 valence electrons. The zero-order valence-electron chi connectivity index (χ0n) is 13.7. The minimum atomic E-state index is -0.0797. The van der Waals surface area contributed by atoms with E-state index in [1.807, 2.05) is 0 Å². The second-order valence-corrected chi connectivity index (χ2v) is 6.21. The van der Waals surface area contributed by atoms with Crippen molar-refractivity contribution in [1.82, 2.24) is 15.0 Å². The summed E-state index contributed by atoms with van der Waals surface area (Å²) in [6.07, 6.45) is 2.29. The summed E-state index contributed by atoms with van der Waals surface area (Å²) in [6, 6.07) is 5.30. The Morgan fingerprint density at radius 3 is 2.67 bits per heavy atom. The van der Waals surface area contributed by atoms with Gasteiger partial charge >= 0.3 is 0 Å². The Morgan fingerprint density at radius 2 is 2.00 bits per heavy atom. The summed E-state index contributed by atoms with van der Waals surface area (Å²) in [4.78, 5) is 18.9. The van der Waals surface area contributed by atoms with Crippen molar-refractivity contribution in [3.63, 3.8) is 0 Å². The van der Waals surface area contributed by atoms with Gasteiger partial charge in [-0.25, -0.2) is 0 Å². The van der Waals surface area contributed by atoms with Crippen molar-refractivity contribution in [2.45, 2.75) is 24.7 Å². The Hall–Kier alpha value is -2.57. The van der Waals surface area contributed by atoms with Gasteiger partial charge in [0.25, 0.3) is 5.91 Å². The lowest BCUT2D eigenvalue weighted by atomic mass is 9.98. The van der Waals surface area contributed by atoms with Crippen LogP contribution in [-0.2, 0) is 0 Å². The summed E-state index contributed by atoms with van der Waals surface area (Å²) in [5.74, 6) is 2.97. The van der Waals surface area contributed by atoms with E-state index < -0.39 is 0 Å². The van der Waals surface area contributed by atoms with E-state index in [4.69, 9.17) is 14.0 Å². The van der Waals surface area contributed by atoms with Gasteiger partial charge in [0, 0.05) is 19.0 Å². The van der Waals surface area contributed by atoms with Gasteiger partial charge in [-0.3, -0.25) is 4.79 Å². The first-order valence-electron chi connectivity index (χ1n) is 8.05. The maximum absolute atomic E-state index is 12.7. The Morgan fingerprint density at radius 1 is 1.21 bits per heavy atom. The van der Waals surface area contributed by atoms with Gasteiger partial charge in [0.2, 0.25) is 5.89 Å². The summed E-state index contributed by atoms with van der Waals surface area (Å²) < 4.78 is 15.9. The number of aromatic nitrogens is 2. The predicted molar refractivity (Wildman–Crippen MR) is 84.5 cm³/mol. The molecule has 1 saturated heterocycles. The second kappa shape index (κ2) is 5.81. The van der Waals surface area contributed by atoms with Crippen LogP contribution in [0.15, 0.2) is 22.7 Å². The molecule has 0 N–H and O–H groups in total. The normalized spacial score (nSPS) is 17.5. The average Bonchev–Trinajstić information content (AvgIpc) is 3.31. The van der Waals surface area contributed by atoms with Crippen LogP contribution in [0, 0.1) is 0 Å². The highest BCUT2D eigenvalue weighted by molar-refractivity contribution is 5.98. The van der Waals surface area contributed by atoms with E-state index >= 15 is 0 Å². The lowest BCUT2D eigenvalue weighted by molar-refractivity contribution is 0.0565. The van der Waals surface area contributed by atoms with Crippen LogP contribution in [0.5, 0.6) is 11.5 Å². The molecule has 1 saturated carbocycles. The van der Waals surface area contributed by atoms with Crippen molar-refractivity contribution in [2.24, 2.45) is 0 Å². The number of ether oxygens (including phenoxy) is 2. The Kier molecular flexibility index (Phi) is 3.63. The van der Waals surface area contributed by atoms with Crippen LogP contribution >= 0.6 is 0 Å². The molecule has 2 aliphatic rings. The highest BCUT2D eigenvalue weighted by Gasteiger charge is 2.38. The fraction of sp³-hybridized carbons (Fsp3) is 0.471. The molecule has 0 atom stereocenters. The van der Waals surface area contributed by atoms with Gasteiger partial charge in [-0.15, -0.1) is 0 Å². The van der Waals surface area contributed by atoms with Crippen molar-refractivity contribution in [2.75, 3.05) is 27.3 Å². The molecule has 1 amide bonds. The molecular formula is C17H19N3O4. The summed E-state index contributed by atoms with van der Waals surface area (Å²) >= 11 is 0. The van der Waals surface area contributed by atoms with E-state index in [0.717, 1.165) is 18.7 Å². The van der Waals surface area contributed by atoms with E-state index in [1.165, 1.54) is 7.11 Å². The molecule has 7 nitrogen and oxygen atoms in total.